The van der Waals surface area contributed by atoms with Crippen LogP contribution in [0.2, 0.25) is 0 Å². The fraction of sp³-hybridized carbons (Fsp3) is 0. The first-order valence-corrected chi connectivity index (χ1v) is 6.33. The predicted molar refractivity (Wildman–Crippen MR) is 72.6 cm³/mol. The molecule has 1 nitrogen and oxygen atoms in total. The van der Waals surface area contributed by atoms with Gasteiger partial charge >= 0.3 is 0 Å². The molecule has 0 spiro atoms. The summed E-state index contributed by atoms with van der Waals surface area (Å²) in [4.78, 5) is 10.8. The number of carbonyl (C=O) groups excluding carboxylic acids is 1. The lowest BCUT2D eigenvalue weighted by Crippen LogP contribution is -1.82. The Hall–Kier alpha value is -1.93. The molecule has 82 valence electrons. The van der Waals surface area contributed by atoms with E-state index in [2.05, 4.69) is 22.9 Å². The Labute approximate surface area is 103 Å². The topological polar surface area (TPSA) is 17.1 Å². The molecule has 0 amide bonds. The van der Waals surface area contributed by atoms with E-state index in [0.717, 1.165) is 17.2 Å². The highest BCUT2D eigenvalue weighted by molar-refractivity contribution is 7.08. The molecule has 2 heteroatoms. The van der Waals surface area contributed by atoms with Crippen molar-refractivity contribution in [3.8, 4) is 11.1 Å². The molecule has 0 aliphatic rings. The molecule has 0 aliphatic heterocycles. The summed E-state index contributed by atoms with van der Waals surface area (Å²) in [6.45, 7) is 0. The van der Waals surface area contributed by atoms with E-state index in [-0.39, 0.29) is 0 Å². The van der Waals surface area contributed by atoms with E-state index in [4.69, 9.17) is 0 Å². The second-order valence-electron chi connectivity index (χ2n) is 3.92. The van der Waals surface area contributed by atoms with Crippen LogP contribution in [0.1, 0.15) is 10.4 Å². The van der Waals surface area contributed by atoms with E-state index in [1.54, 1.807) is 11.3 Å². The minimum absolute atomic E-state index is 0.722. The monoisotopic (exact) mass is 238 g/mol. The van der Waals surface area contributed by atoms with Crippen molar-refractivity contribution in [3.63, 3.8) is 0 Å². The van der Waals surface area contributed by atoms with Crippen LogP contribution in [0.5, 0.6) is 0 Å². The largest absolute Gasteiger partial charge is 0.298 e. The van der Waals surface area contributed by atoms with Gasteiger partial charge in [0.15, 0.2) is 0 Å². The van der Waals surface area contributed by atoms with Gasteiger partial charge in [0.25, 0.3) is 0 Å². The minimum Gasteiger partial charge on any atom is -0.298 e. The number of benzene rings is 2. The molecule has 0 unspecified atom stereocenters. The molecular weight excluding hydrogens is 228 g/mol. The molecule has 0 N–H and O–H groups in total. The Kier molecular flexibility index (Phi) is 2.50. The van der Waals surface area contributed by atoms with Gasteiger partial charge in [0.05, 0.1) is 0 Å². The maximum Gasteiger partial charge on any atom is 0.150 e. The van der Waals surface area contributed by atoms with Gasteiger partial charge in [-0.3, -0.25) is 4.79 Å². The summed E-state index contributed by atoms with van der Waals surface area (Å²) in [5, 5.41) is 6.52. The van der Waals surface area contributed by atoms with Gasteiger partial charge in [-0.1, -0.05) is 30.3 Å². The Morgan fingerprint density at radius 3 is 2.76 bits per heavy atom. The normalized spacial score (nSPS) is 10.6. The number of carbonyl (C=O) groups is 1. The summed E-state index contributed by atoms with van der Waals surface area (Å²) < 4.78 is 0. The lowest BCUT2D eigenvalue weighted by atomic mass is 9.99. The standard InChI is InChI=1S/C15H10OS/c16-9-11-4-5-15-12(8-11)2-1-3-14(15)13-6-7-17-10-13/h1-10H. The van der Waals surface area contributed by atoms with Crippen LogP contribution in [0.25, 0.3) is 21.9 Å². The van der Waals surface area contributed by atoms with E-state index in [9.17, 15) is 4.79 Å². The third-order valence-electron chi connectivity index (χ3n) is 2.87. The molecule has 0 bridgehead atoms. The molecular formula is C15H10OS. The van der Waals surface area contributed by atoms with E-state index in [1.165, 1.54) is 16.5 Å². The maximum absolute atomic E-state index is 10.8. The van der Waals surface area contributed by atoms with Gasteiger partial charge in [0.2, 0.25) is 0 Å². The molecule has 0 saturated carbocycles. The number of fused-ring (bicyclic) bond motifs is 1. The number of hydrogen-bond donors (Lipinski definition) is 0. The van der Waals surface area contributed by atoms with Crippen molar-refractivity contribution in [2.45, 2.75) is 0 Å². The Morgan fingerprint density at radius 1 is 1.06 bits per heavy atom. The van der Waals surface area contributed by atoms with Crippen LogP contribution in [-0.4, -0.2) is 6.29 Å². The summed E-state index contributed by atoms with van der Waals surface area (Å²) in [6, 6.07) is 14.1. The summed E-state index contributed by atoms with van der Waals surface area (Å²) in [6.07, 6.45) is 0.886. The number of rotatable bonds is 2. The molecule has 0 atom stereocenters. The van der Waals surface area contributed by atoms with Crippen LogP contribution in [0.4, 0.5) is 0 Å². The average molecular weight is 238 g/mol. The molecule has 2 aromatic carbocycles. The molecule has 0 aliphatic carbocycles. The fourth-order valence-electron chi connectivity index (χ4n) is 2.04. The number of thiophene rings is 1. The van der Waals surface area contributed by atoms with E-state index >= 15 is 0 Å². The Bertz CT molecular complexity index is 668. The third kappa shape index (κ3) is 1.77. The zero-order chi connectivity index (χ0) is 11.7. The number of aldehydes is 1. The molecule has 1 heterocycles. The smallest absolute Gasteiger partial charge is 0.150 e. The van der Waals surface area contributed by atoms with Crippen LogP contribution >= 0.6 is 11.3 Å². The van der Waals surface area contributed by atoms with Crippen LogP contribution in [-0.2, 0) is 0 Å². The van der Waals surface area contributed by atoms with Crippen LogP contribution in [0.15, 0.2) is 53.2 Å². The van der Waals surface area contributed by atoms with Gasteiger partial charge in [0.1, 0.15) is 6.29 Å². The van der Waals surface area contributed by atoms with E-state index in [1.807, 2.05) is 30.3 Å². The average Bonchev–Trinajstić information content (AvgIpc) is 2.91. The second-order valence-corrected chi connectivity index (χ2v) is 4.70. The first-order valence-electron chi connectivity index (χ1n) is 5.39. The highest BCUT2D eigenvalue weighted by Crippen LogP contribution is 2.30. The summed E-state index contributed by atoms with van der Waals surface area (Å²) in [5.41, 5.74) is 3.18. The van der Waals surface area contributed by atoms with Gasteiger partial charge in [-0.05, 0) is 44.8 Å². The first-order chi connectivity index (χ1) is 8.38. The lowest BCUT2D eigenvalue weighted by Gasteiger charge is -2.05. The van der Waals surface area contributed by atoms with Gasteiger partial charge in [-0.2, -0.15) is 11.3 Å². The van der Waals surface area contributed by atoms with Gasteiger partial charge in [-0.15, -0.1) is 0 Å². The zero-order valence-corrected chi connectivity index (χ0v) is 9.91. The van der Waals surface area contributed by atoms with Crippen molar-refractivity contribution in [1.29, 1.82) is 0 Å². The SMILES string of the molecule is O=Cc1ccc2c(-c3ccsc3)cccc2c1. The van der Waals surface area contributed by atoms with Gasteiger partial charge in [0, 0.05) is 5.56 Å². The second kappa shape index (κ2) is 4.15. The van der Waals surface area contributed by atoms with E-state index in [0.29, 0.717) is 0 Å². The van der Waals surface area contributed by atoms with Gasteiger partial charge in [-0.25, -0.2) is 0 Å². The maximum atomic E-state index is 10.8. The van der Waals surface area contributed by atoms with Crippen molar-refractivity contribution in [1.82, 2.24) is 0 Å². The first kappa shape index (κ1) is 10.2. The molecule has 0 saturated heterocycles. The predicted octanol–water partition coefficient (Wildman–Crippen LogP) is 4.38. The highest BCUT2D eigenvalue weighted by atomic mass is 32.1. The van der Waals surface area contributed by atoms with Crippen LogP contribution in [0.3, 0.4) is 0 Å². The Morgan fingerprint density at radius 2 is 2.00 bits per heavy atom. The fourth-order valence-corrected chi connectivity index (χ4v) is 2.70. The third-order valence-corrected chi connectivity index (χ3v) is 3.56. The molecule has 3 rings (SSSR count). The summed E-state index contributed by atoms with van der Waals surface area (Å²) in [5.74, 6) is 0. The molecule has 17 heavy (non-hydrogen) atoms. The molecule has 0 radical (unpaired) electrons. The van der Waals surface area contributed by atoms with Gasteiger partial charge < -0.3 is 0 Å². The van der Waals surface area contributed by atoms with Crippen molar-refractivity contribution in [2.24, 2.45) is 0 Å². The van der Waals surface area contributed by atoms with E-state index < -0.39 is 0 Å². The van der Waals surface area contributed by atoms with Crippen molar-refractivity contribution >= 4 is 28.4 Å². The quantitative estimate of drug-likeness (QED) is 0.605. The van der Waals surface area contributed by atoms with Crippen molar-refractivity contribution in [3.05, 3.63) is 58.8 Å². The lowest BCUT2D eigenvalue weighted by molar-refractivity contribution is 0.112. The zero-order valence-electron chi connectivity index (χ0n) is 9.09. The summed E-state index contributed by atoms with van der Waals surface area (Å²) >= 11 is 1.69. The minimum atomic E-state index is 0.722. The summed E-state index contributed by atoms with van der Waals surface area (Å²) in [7, 11) is 0. The highest BCUT2D eigenvalue weighted by Gasteiger charge is 2.04. The Balaban J connectivity index is 2.30. The molecule has 0 fully saturated rings. The number of hydrogen-bond acceptors (Lipinski definition) is 2. The van der Waals surface area contributed by atoms with Crippen LogP contribution in [0, 0.1) is 0 Å². The molecule has 1 aromatic heterocycles. The van der Waals surface area contributed by atoms with Crippen LogP contribution < -0.4 is 0 Å². The van der Waals surface area contributed by atoms with Crippen molar-refractivity contribution < 1.29 is 4.79 Å². The van der Waals surface area contributed by atoms with Crippen molar-refractivity contribution in [2.75, 3.05) is 0 Å². The molecule has 3 aromatic rings.